The van der Waals surface area contributed by atoms with Crippen LogP contribution in [0.25, 0.3) is 10.9 Å². The average Bonchev–Trinajstić information content (AvgIpc) is 2.68. The van der Waals surface area contributed by atoms with Crippen LogP contribution in [0.2, 0.25) is 0 Å². The lowest BCUT2D eigenvalue weighted by molar-refractivity contribution is -1.01. The highest BCUT2D eigenvalue weighted by atomic mass is 16.5. The van der Waals surface area contributed by atoms with E-state index in [0.717, 1.165) is 68.7 Å². The monoisotopic (exact) mass is 372 g/mol. The lowest BCUT2D eigenvalue weighted by atomic mass is 10.1. The van der Waals surface area contributed by atoms with E-state index in [0.29, 0.717) is 5.95 Å². The van der Waals surface area contributed by atoms with Crippen LogP contribution < -0.4 is 25.4 Å². The number of nitrogens with one attached hydrogen (secondary N) is 5. The highest BCUT2D eigenvalue weighted by Gasteiger charge is 2.23. The molecule has 8 nitrogen and oxygen atoms in total. The maximum atomic E-state index is 5.43. The standard InChI is InChI=1S/C19H27N7O/c1-14-3-4-16-15(2)22-19(23-17(16)11-14)24-18-20-12-26(13-21-18)6-5-25-7-9-27-10-8-25/h3-4,11H,5-10,12-13H2,1-2H3,(H2,20,21,22,23,24)/p+3. The van der Waals surface area contributed by atoms with Crippen LogP contribution in [0.3, 0.4) is 0 Å². The minimum Gasteiger partial charge on any atom is -0.370 e. The molecule has 1 fully saturated rings. The maximum Gasteiger partial charge on any atom is 0.359 e. The Kier molecular flexibility index (Phi) is 5.47. The third-order valence-electron chi connectivity index (χ3n) is 5.34. The number of hydrogen-bond acceptors (Lipinski definition) is 5. The number of quaternary nitrogens is 2. The van der Waals surface area contributed by atoms with Crippen molar-refractivity contribution in [3.8, 4) is 0 Å². The summed E-state index contributed by atoms with van der Waals surface area (Å²) in [5.74, 6) is 1.51. The smallest absolute Gasteiger partial charge is 0.359 e. The minimum atomic E-state index is 0.627. The van der Waals surface area contributed by atoms with Crippen LogP contribution in [-0.4, -0.2) is 68.7 Å². The molecule has 0 amide bonds. The van der Waals surface area contributed by atoms with Crippen LogP contribution >= 0.6 is 0 Å². The Morgan fingerprint density at radius 1 is 1.15 bits per heavy atom. The van der Waals surface area contributed by atoms with E-state index in [-0.39, 0.29) is 0 Å². The lowest BCUT2D eigenvalue weighted by Crippen LogP contribution is -3.27. The largest absolute Gasteiger partial charge is 0.370 e. The van der Waals surface area contributed by atoms with Gasteiger partial charge in [0.25, 0.3) is 5.95 Å². The molecule has 0 saturated carbocycles. The van der Waals surface area contributed by atoms with Gasteiger partial charge in [-0.3, -0.25) is 4.90 Å². The van der Waals surface area contributed by atoms with Gasteiger partial charge in [0, 0.05) is 5.39 Å². The number of benzene rings is 1. The van der Waals surface area contributed by atoms with Crippen LogP contribution in [-0.2, 0) is 4.74 Å². The summed E-state index contributed by atoms with van der Waals surface area (Å²) < 4.78 is 5.43. The van der Waals surface area contributed by atoms with Crippen molar-refractivity contribution >= 4 is 22.8 Å². The summed E-state index contributed by atoms with van der Waals surface area (Å²) in [4.78, 5) is 15.8. The van der Waals surface area contributed by atoms with Crippen LogP contribution in [0, 0.1) is 13.8 Å². The van der Waals surface area contributed by atoms with Crippen molar-refractivity contribution in [3.05, 3.63) is 29.5 Å². The first-order chi connectivity index (χ1) is 13.2. The van der Waals surface area contributed by atoms with Gasteiger partial charge in [-0.25, -0.2) is 20.6 Å². The molecule has 2 aliphatic heterocycles. The lowest BCUT2D eigenvalue weighted by Gasteiger charge is -2.26. The Hall–Kier alpha value is -2.29. The SMILES string of the molecule is Cc1ccc2c(C)nc(NC3=[NH+]C[NH+](CC[NH+]4CCOCC4)CN3)nc2c1. The van der Waals surface area contributed by atoms with Crippen molar-refractivity contribution in [2.75, 3.05) is 58.0 Å². The summed E-state index contributed by atoms with van der Waals surface area (Å²) in [6.45, 7) is 12.3. The first kappa shape index (κ1) is 18.1. The summed E-state index contributed by atoms with van der Waals surface area (Å²) in [5, 5.41) is 7.82. The highest BCUT2D eigenvalue weighted by Crippen LogP contribution is 2.18. The maximum absolute atomic E-state index is 5.43. The quantitative estimate of drug-likeness (QED) is 0.383. The number of fused-ring (bicyclic) bond motifs is 1. The summed E-state index contributed by atoms with van der Waals surface area (Å²) in [7, 11) is 0. The molecule has 1 unspecified atom stereocenters. The Labute approximate surface area is 159 Å². The predicted octanol–water partition coefficient (Wildman–Crippen LogP) is -3.59. The van der Waals surface area contributed by atoms with E-state index in [9.17, 15) is 0 Å². The molecule has 144 valence electrons. The zero-order chi connectivity index (χ0) is 18.6. The molecule has 2 aromatic rings. The predicted molar refractivity (Wildman–Crippen MR) is 104 cm³/mol. The van der Waals surface area contributed by atoms with Gasteiger partial charge in [0.1, 0.15) is 26.2 Å². The van der Waals surface area contributed by atoms with Gasteiger partial charge in [0.05, 0.1) is 24.4 Å². The summed E-state index contributed by atoms with van der Waals surface area (Å²) in [6.07, 6.45) is 0. The van der Waals surface area contributed by atoms with Crippen molar-refractivity contribution in [3.63, 3.8) is 0 Å². The molecule has 1 aromatic carbocycles. The van der Waals surface area contributed by atoms with Crippen molar-refractivity contribution in [1.82, 2.24) is 15.3 Å². The number of nitrogens with zero attached hydrogens (tertiary/aromatic N) is 2. The number of guanidine groups is 1. The topological polar surface area (TPSA) is 81.9 Å². The number of anilines is 1. The average molecular weight is 372 g/mol. The summed E-state index contributed by atoms with van der Waals surface area (Å²) in [5.41, 5.74) is 3.16. The Balaban J connectivity index is 1.35. The van der Waals surface area contributed by atoms with E-state index in [4.69, 9.17) is 4.74 Å². The van der Waals surface area contributed by atoms with Crippen molar-refractivity contribution < 1.29 is 19.5 Å². The van der Waals surface area contributed by atoms with Gasteiger partial charge >= 0.3 is 5.96 Å². The van der Waals surface area contributed by atoms with Gasteiger partial charge in [-0.05, 0) is 25.5 Å². The molecule has 27 heavy (non-hydrogen) atoms. The molecule has 1 aromatic heterocycles. The van der Waals surface area contributed by atoms with E-state index in [1.165, 1.54) is 17.0 Å². The summed E-state index contributed by atoms with van der Waals surface area (Å²) in [6, 6.07) is 6.29. The van der Waals surface area contributed by atoms with Crippen molar-refractivity contribution in [2.24, 2.45) is 0 Å². The molecule has 0 bridgehead atoms. The van der Waals surface area contributed by atoms with Crippen LogP contribution in [0.15, 0.2) is 18.2 Å². The number of aromatic nitrogens is 2. The molecule has 1 atom stereocenters. The van der Waals surface area contributed by atoms with Gasteiger partial charge in [-0.1, -0.05) is 12.1 Å². The summed E-state index contributed by atoms with van der Waals surface area (Å²) >= 11 is 0. The van der Waals surface area contributed by atoms with E-state index in [1.807, 2.05) is 6.92 Å². The van der Waals surface area contributed by atoms with Crippen LogP contribution in [0.1, 0.15) is 11.3 Å². The molecule has 0 spiro atoms. The van der Waals surface area contributed by atoms with E-state index >= 15 is 0 Å². The van der Waals surface area contributed by atoms with E-state index < -0.39 is 0 Å². The number of hydrogen-bond donors (Lipinski definition) is 5. The molecular formula is C19H30N7O+3. The van der Waals surface area contributed by atoms with Crippen molar-refractivity contribution in [2.45, 2.75) is 13.8 Å². The Morgan fingerprint density at radius 2 is 1.96 bits per heavy atom. The molecule has 0 aliphatic carbocycles. The second-order valence-electron chi connectivity index (χ2n) is 7.47. The highest BCUT2D eigenvalue weighted by molar-refractivity contribution is 5.89. The van der Waals surface area contributed by atoms with Gasteiger partial charge in [-0.2, -0.15) is 4.98 Å². The molecule has 2 aliphatic rings. The number of ether oxygens (including phenoxy) is 1. The molecule has 1 saturated heterocycles. The van der Waals surface area contributed by atoms with Gasteiger partial charge in [0.15, 0.2) is 13.3 Å². The molecular weight excluding hydrogens is 342 g/mol. The molecule has 5 N–H and O–H groups in total. The minimum absolute atomic E-state index is 0.627. The molecule has 4 rings (SSSR count). The van der Waals surface area contributed by atoms with Gasteiger partial charge in [0.2, 0.25) is 0 Å². The fourth-order valence-electron chi connectivity index (χ4n) is 3.65. The second-order valence-corrected chi connectivity index (χ2v) is 7.47. The first-order valence-electron chi connectivity index (χ1n) is 9.79. The second kappa shape index (κ2) is 8.16. The van der Waals surface area contributed by atoms with Crippen molar-refractivity contribution in [1.29, 1.82) is 0 Å². The number of aryl methyl sites for hydroxylation is 2. The fourth-order valence-corrected chi connectivity index (χ4v) is 3.65. The third kappa shape index (κ3) is 4.52. The third-order valence-corrected chi connectivity index (χ3v) is 5.34. The van der Waals surface area contributed by atoms with Gasteiger partial charge in [-0.15, -0.1) is 0 Å². The number of rotatable bonds is 4. The normalized spacial score (nSPS) is 21.0. The first-order valence-corrected chi connectivity index (χ1v) is 9.79. The molecule has 0 radical (unpaired) electrons. The van der Waals surface area contributed by atoms with E-state index in [1.54, 1.807) is 4.90 Å². The zero-order valence-electron chi connectivity index (χ0n) is 16.2. The van der Waals surface area contributed by atoms with Crippen LogP contribution in [0.5, 0.6) is 0 Å². The van der Waals surface area contributed by atoms with Crippen LogP contribution in [0.4, 0.5) is 5.95 Å². The van der Waals surface area contributed by atoms with Gasteiger partial charge < -0.3 is 9.64 Å². The zero-order valence-corrected chi connectivity index (χ0v) is 16.2. The molecule has 3 heterocycles. The van der Waals surface area contributed by atoms with E-state index in [2.05, 4.69) is 50.7 Å². The fraction of sp³-hybridized carbons (Fsp3) is 0.526. The Bertz CT molecular complexity index is 832. The number of morpholine rings is 1. The Morgan fingerprint density at radius 3 is 2.74 bits per heavy atom. The molecule has 8 heteroatoms.